The number of aldehydes is 1. The molecule has 0 amide bonds. The van der Waals surface area contributed by atoms with Crippen LogP contribution in [0.15, 0.2) is 23.1 Å². The average Bonchev–Trinajstić information content (AvgIpc) is 2.15. The highest BCUT2D eigenvalue weighted by Gasteiger charge is 1.99. The van der Waals surface area contributed by atoms with Gasteiger partial charge in [-0.15, -0.1) is 11.8 Å². The van der Waals surface area contributed by atoms with Crippen molar-refractivity contribution in [1.29, 1.82) is 0 Å². The van der Waals surface area contributed by atoms with Crippen LogP contribution in [0, 0.1) is 6.92 Å². The lowest BCUT2D eigenvalue weighted by atomic mass is 10.2. The van der Waals surface area contributed by atoms with Gasteiger partial charge in [-0.25, -0.2) is 0 Å². The minimum Gasteiger partial charge on any atom is -0.496 e. The van der Waals surface area contributed by atoms with E-state index in [4.69, 9.17) is 4.74 Å². The molecule has 0 saturated heterocycles. The summed E-state index contributed by atoms with van der Waals surface area (Å²) in [5, 5.41) is 0. The van der Waals surface area contributed by atoms with E-state index in [9.17, 15) is 4.79 Å². The molecule has 3 heteroatoms. The molecule has 0 bridgehead atoms. The first kappa shape index (κ1) is 10.1. The number of carbonyl (C=O) groups is 1. The molecule has 13 heavy (non-hydrogen) atoms. The number of carbonyl (C=O) groups excluding carboxylic acids is 1. The van der Waals surface area contributed by atoms with Gasteiger partial charge in [0.05, 0.1) is 12.9 Å². The summed E-state index contributed by atoms with van der Waals surface area (Å²) >= 11 is 1.53. The summed E-state index contributed by atoms with van der Waals surface area (Å²) in [6.45, 7) is 1.99. The van der Waals surface area contributed by atoms with Gasteiger partial charge >= 0.3 is 0 Å². The number of aryl methyl sites for hydroxylation is 1. The number of rotatable bonds is 4. The lowest BCUT2D eigenvalue weighted by molar-refractivity contribution is -0.105. The maximum absolute atomic E-state index is 10.1. The molecule has 0 spiro atoms. The van der Waals surface area contributed by atoms with Crippen LogP contribution in [-0.4, -0.2) is 19.1 Å². The van der Waals surface area contributed by atoms with Gasteiger partial charge in [0, 0.05) is 4.90 Å². The third-order valence-corrected chi connectivity index (χ3v) is 2.57. The number of methoxy groups -OCH3 is 1. The molecule has 2 nitrogen and oxygen atoms in total. The lowest BCUT2D eigenvalue weighted by Crippen LogP contribution is -1.87. The SMILES string of the molecule is COc1ccc(SCC=O)cc1C. The summed E-state index contributed by atoms with van der Waals surface area (Å²) in [4.78, 5) is 11.2. The molecule has 0 radical (unpaired) electrons. The van der Waals surface area contributed by atoms with Crippen molar-refractivity contribution in [2.75, 3.05) is 12.9 Å². The van der Waals surface area contributed by atoms with Crippen molar-refractivity contribution < 1.29 is 9.53 Å². The van der Waals surface area contributed by atoms with E-state index in [0.29, 0.717) is 5.75 Å². The van der Waals surface area contributed by atoms with Crippen LogP contribution in [0.2, 0.25) is 0 Å². The Kier molecular flexibility index (Phi) is 3.83. The third kappa shape index (κ3) is 2.77. The molecule has 0 aliphatic carbocycles. The number of ether oxygens (including phenoxy) is 1. The van der Waals surface area contributed by atoms with Crippen molar-refractivity contribution in [3.8, 4) is 5.75 Å². The summed E-state index contributed by atoms with van der Waals surface area (Å²) in [5.41, 5.74) is 1.10. The fourth-order valence-electron chi connectivity index (χ4n) is 1.07. The Bertz CT molecular complexity index is 297. The van der Waals surface area contributed by atoms with E-state index in [1.807, 2.05) is 25.1 Å². The molecule has 0 heterocycles. The first-order valence-electron chi connectivity index (χ1n) is 3.99. The molecular weight excluding hydrogens is 184 g/mol. The van der Waals surface area contributed by atoms with Gasteiger partial charge in [0.1, 0.15) is 12.0 Å². The summed E-state index contributed by atoms with van der Waals surface area (Å²) in [6, 6.07) is 5.90. The van der Waals surface area contributed by atoms with Crippen LogP contribution in [0.25, 0.3) is 0 Å². The molecule has 1 aromatic rings. The van der Waals surface area contributed by atoms with E-state index in [-0.39, 0.29) is 0 Å². The van der Waals surface area contributed by atoms with Gasteiger partial charge < -0.3 is 9.53 Å². The lowest BCUT2D eigenvalue weighted by Gasteiger charge is -2.05. The Morgan fingerprint density at radius 1 is 1.54 bits per heavy atom. The highest BCUT2D eigenvalue weighted by Crippen LogP contribution is 2.24. The molecular formula is C10H12O2S. The largest absolute Gasteiger partial charge is 0.496 e. The Balaban J connectivity index is 2.76. The Morgan fingerprint density at radius 2 is 2.31 bits per heavy atom. The summed E-state index contributed by atoms with van der Waals surface area (Å²) < 4.78 is 5.13. The quantitative estimate of drug-likeness (QED) is 0.546. The number of hydrogen-bond donors (Lipinski definition) is 0. The van der Waals surface area contributed by atoms with Crippen molar-refractivity contribution in [2.24, 2.45) is 0 Å². The molecule has 1 aromatic carbocycles. The van der Waals surface area contributed by atoms with Gasteiger partial charge in [-0.3, -0.25) is 0 Å². The van der Waals surface area contributed by atoms with Crippen LogP contribution in [-0.2, 0) is 4.79 Å². The molecule has 0 atom stereocenters. The minimum absolute atomic E-state index is 0.506. The van der Waals surface area contributed by atoms with Crippen LogP contribution in [0.5, 0.6) is 5.75 Å². The van der Waals surface area contributed by atoms with Crippen LogP contribution < -0.4 is 4.74 Å². The topological polar surface area (TPSA) is 26.3 Å². The molecule has 0 aliphatic rings. The average molecular weight is 196 g/mol. The molecule has 0 saturated carbocycles. The predicted molar refractivity (Wildman–Crippen MR) is 54.5 cm³/mol. The number of thioether (sulfide) groups is 1. The maximum Gasteiger partial charge on any atom is 0.130 e. The van der Waals surface area contributed by atoms with Crippen molar-refractivity contribution in [2.45, 2.75) is 11.8 Å². The van der Waals surface area contributed by atoms with E-state index in [2.05, 4.69) is 0 Å². The molecule has 70 valence electrons. The van der Waals surface area contributed by atoms with Crippen LogP contribution in [0.3, 0.4) is 0 Å². The second-order valence-electron chi connectivity index (χ2n) is 2.61. The molecule has 1 rings (SSSR count). The standard InChI is InChI=1S/C10H12O2S/c1-8-7-9(13-6-5-11)3-4-10(8)12-2/h3-5,7H,6H2,1-2H3. The first-order valence-corrected chi connectivity index (χ1v) is 4.97. The Hall–Kier alpha value is -0.960. The van der Waals surface area contributed by atoms with Gasteiger partial charge in [0.2, 0.25) is 0 Å². The van der Waals surface area contributed by atoms with Crippen LogP contribution in [0.4, 0.5) is 0 Å². The Labute approximate surface area is 82.3 Å². The van der Waals surface area contributed by atoms with E-state index in [1.165, 1.54) is 11.8 Å². The molecule has 0 aliphatic heterocycles. The van der Waals surface area contributed by atoms with Crippen LogP contribution >= 0.6 is 11.8 Å². The van der Waals surface area contributed by atoms with Crippen molar-refractivity contribution in [1.82, 2.24) is 0 Å². The van der Waals surface area contributed by atoms with Gasteiger partial charge in [-0.2, -0.15) is 0 Å². The van der Waals surface area contributed by atoms with Gasteiger partial charge in [0.25, 0.3) is 0 Å². The fraction of sp³-hybridized carbons (Fsp3) is 0.300. The summed E-state index contributed by atoms with van der Waals surface area (Å²) in [6.07, 6.45) is 0.907. The van der Waals surface area contributed by atoms with Crippen LogP contribution in [0.1, 0.15) is 5.56 Å². The first-order chi connectivity index (χ1) is 6.27. The smallest absolute Gasteiger partial charge is 0.130 e. The third-order valence-electron chi connectivity index (χ3n) is 1.68. The minimum atomic E-state index is 0.506. The Morgan fingerprint density at radius 3 is 2.85 bits per heavy atom. The highest BCUT2D eigenvalue weighted by molar-refractivity contribution is 7.99. The van der Waals surface area contributed by atoms with E-state index < -0.39 is 0 Å². The maximum atomic E-state index is 10.1. The highest BCUT2D eigenvalue weighted by atomic mass is 32.2. The second-order valence-corrected chi connectivity index (χ2v) is 3.70. The van der Waals surface area contributed by atoms with E-state index in [0.717, 1.165) is 22.5 Å². The number of hydrogen-bond acceptors (Lipinski definition) is 3. The molecule has 0 N–H and O–H groups in total. The molecule has 0 fully saturated rings. The predicted octanol–water partition coefficient (Wildman–Crippen LogP) is 2.29. The van der Waals surface area contributed by atoms with Crippen molar-refractivity contribution in [3.63, 3.8) is 0 Å². The zero-order chi connectivity index (χ0) is 9.68. The van der Waals surface area contributed by atoms with E-state index >= 15 is 0 Å². The van der Waals surface area contributed by atoms with Crippen molar-refractivity contribution >= 4 is 18.0 Å². The van der Waals surface area contributed by atoms with Gasteiger partial charge in [0.15, 0.2) is 0 Å². The molecule has 0 unspecified atom stereocenters. The second kappa shape index (κ2) is 4.92. The summed E-state index contributed by atoms with van der Waals surface area (Å²) in [7, 11) is 1.65. The van der Waals surface area contributed by atoms with Gasteiger partial charge in [-0.1, -0.05) is 0 Å². The zero-order valence-electron chi connectivity index (χ0n) is 7.74. The normalized spacial score (nSPS) is 9.69. The molecule has 0 aromatic heterocycles. The van der Waals surface area contributed by atoms with Crippen molar-refractivity contribution in [3.05, 3.63) is 23.8 Å². The van der Waals surface area contributed by atoms with E-state index in [1.54, 1.807) is 7.11 Å². The zero-order valence-corrected chi connectivity index (χ0v) is 8.56. The summed E-state index contributed by atoms with van der Waals surface area (Å²) in [5.74, 6) is 1.39. The monoisotopic (exact) mass is 196 g/mol. The number of benzene rings is 1. The fourth-order valence-corrected chi connectivity index (χ4v) is 1.76. The van der Waals surface area contributed by atoms with Gasteiger partial charge in [-0.05, 0) is 30.7 Å².